The fourth-order valence-electron chi connectivity index (χ4n) is 2.24. The van der Waals surface area contributed by atoms with Gasteiger partial charge in [0.2, 0.25) is 0 Å². The van der Waals surface area contributed by atoms with Crippen LogP contribution in [0.25, 0.3) is 0 Å². The van der Waals surface area contributed by atoms with E-state index in [1.807, 2.05) is 27.7 Å². The molecule has 1 unspecified atom stereocenters. The molecule has 0 spiro atoms. The minimum atomic E-state index is -0.575. The maximum absolute atomic E-state index is 11.2. The average Bonchev–Trinajstić information content (AvgIpc) is 2.55. The van der Waals surface area contributed by atoms with Crippen LogP contribution in [0.15, 0.2) is 0 Å². The molecule has 19 heavy (non-hydrogen) atoms. The van der Waals surface area contributed by atoms with Gasteiger partial charge in [-0.1, -0.05) is 27.7 Å². The molecule has 6 heteroatoms. The summed E-state index contributed by atoms with van der Waals surface area (Å²) in [5.41, 5.74) is 1.04. The smallest absolute Gasteiger partial charge is 0.313 e. The highest BCUT2D eigenvalue weighted by molar-refractivity contribution is 5.43. The van der Waals surface area contributed by atoms with Gasteiger partial charge in [-0.25, -0.2) is 0 Å². The predicted octanol–water partition coefficient (Wildman–Crippen LogP) is 2.40. The summed E-state index contributed by atoms with van der Waals surface area (Å²) in [5, 5.41) is 25.4. The van der Waals surface area contributed by atoms with Gasteiger partial charge in [0, 0.05) is 19.4 Å². The van der Waals surface area contributed by atoms with Crippen LogP contribution in [-0.2, 0) is 13.5 Å². The van der Waals surface area contributed by atoms with E-state index in [-0.39, 0.29) is 22.9 Å². The van der Waals surface area contributed by atoms with Crippen LogP contribution in [-0.4, -0.2) is 25.9 Å². The topological polar surface area (TPSA) is 81.2 Å². The number of hydrogen-bond donors (Lipinski definition) is 1. The Bertz CT molecular complexity index is 452. The molecule has 1 N–H and O–H groups in total. The Hall–Kier alpha value is -1.43. The number of nitro groups is 1. The van der Waals surface area contributed by atoms with Crippen LogP contribution in [0, 0.1) is 16.0 Å². The van der Waals surface area contributed by atoms with Crippen molar-refractivity contribution in [1.82, 2.24) is 9.78 Å². The Morgan fingerprint density at radius 2 is 1.95 bits per heavy atom. The Kier molecular flexibility index (Phi) is 5.05. The van der Waals surface area contributed by atoms with Gasteiger partial charge < -0.3 is 5.11 Å². The third-order valence-electron chi connectivity index (χ3n) is 3.07. The molecule has 6 nitrogen and oxygen atoms in total. The first-order valence-electron chi connectivity index (χ1n) is 6.62. The van der Waals surface area contributed by atoms with E-state index in [0.29, 0.717) is 23.7 Å². The lowest BCUT2D eigenvalue weighted by Gasteiger charge is -2.12. The minimum absolute atomic E-state index is 0.0115. The maximum Gasteiger partial charge on any atom is 0.313 e. The highest BCUT2D eigenvalue weighted by Crippen LogP contribution is 2.30. The van der Waals surface area contributed by atoms with E-state index in [4.69, 9.17) is 0 Å². The molecule has 0 radical (unpaired) electrons. The lowest BCUT2D eigenvalue weighted by atomic mass is 10.0. The molecule has 0 aliphatic heterocycles. The molecule has 1 aromatic rings. The summed E-state index contributed by atoms with van der Waals surface area (Å²) in [7, 11) is 1.69. The first-order chi connectivity index (χ1) is 8.73. The van der Waals surface area contributed by atoms with Crippen molar-refractivity contribution >= 4 is 5.69 Å². The Balaban J connectivity index is 3.09. The van der Waals surface area contributed by atoms with Gasteiger partial charge in [0.05, 0.1) is 11.0 Å². The fourth-order valence-corrected chi connectivity index (χ4v) is 2.24. The largest absolute Gasteiger partial charge is 0.393 e. The molecule has 1 heterocycles. The zero-order valence-electron chi connectivity index (χ0n) is 12.3. The number of nitrogens with zero attached hydrogens (tertiary/aromatic N) is 3. The molecule has 1 atom stereocenters. The monoisotopic (exact) mass is 269 g/mol. The van der Waals surface area contributed by atoms with Crippen molar-refractivity contribution in [3.63, 3.8) is 0 Å². The average molecular weight is 269 g/mol. The van der Waals surface area contributed by atoms with E-state index in [1.54, 1.807) is 7.05 Å². The minimum Gasteiger partial charge on any atom is -0.393 e. The molecule has 0 saturated carbocycles. The highest BCUT2D eigenvalue weighted by atomic mass is 16.6. The summed E-state index contributed by atoms with van der Waals surface area (Å²) in [6.07, 6.45) is 0.318. The van der Waals surface area contributed by atoms with Crippen molar-refractivity contribution in [3.8, 4) is 0 Å². The summed E-state index contributed by atoms with van der Waals surface area (Å²) in [4.78, 5) is 10.8. The molecule has 0 aliphatic rings. The second-order valence-corrected chi connectivity index (χ2v) is 5.70. The van der Waals surface area contributed by atoms with Crippen LogP contribution >= 0.6 is 0 Å². The van der Waals surface area contributed by atoms with Crippen molar-refractivity contribution < 1.29 is 10.0 Å². The molecular formula is C13H23N3O3. The van der Waals surface area contributed by atoms with Crippen molar-refractivity contribution in [2.75, 3.05) is 0 Å². The number of aryl methyl sites for hydroxylation is 1. The lowest BCUT2D eigenvalue weighted by Crippen LogP contribution is -2.16. The molecule has 0 amide bonds. The summed E-state index contributed by atoms with van der Waals surface area (Å²) in [5.74, 6) is 0.342. The van der Waals surface area contributed by atoms with Crippen LogP contribution in [0.2, 0.25) is 0 Å². The van der Waals surface area contributed by atoms with Crippen molar-refractivity contribution in [2.24, 2.45) is 13.0 Å². The Morgan fingerprint density at radius 3 is 2.37 bits per heavy atom. The van der Waals surface area contributed by atoms with E-state index in [9.17, 15) is 15.2 Å². The second-order valence-electron chi connectivity index (χ2n) is 5.70. The maximum atomic E-state index is 11.2. The van der Waals surface area contributed by atoms with Gasteiger partial charge in [-0.2, -0.15) is 5.10 Å². The Labute approximate surface area is 113 Å². The zero-order valence-corrected chi connectivity index (χ0v) is 12.3. The molecule has 0 aliphatic carbocycles. The van der Waals surface area contributed by atoms with Crippen molar-refractivity contribution in [1.29, 1.82) is 0 Å². The summed E-state index contributed by atoms with van der Waals surface area (Å²) in [6.45, 7) is 7.79. The van der Waals surface area contributed by atoms with Gasteiger partial charge in [-0.05, 0) is 12.3 Å². The highest BCUT2D eigenvalue weighted by Gasteiger charge is 2.29. The first kappa shape index (κ1) is 15.6. The van der Waals surface area contributed by atoms with E-state index >= 15 is 0 Å². The van der Waals surface area contributed by atoms with Gasteiger partial charge in [0.15, 0.2) is 0 Å². The molecule has 0 aromatic carbocycles. The van der Waals surface area contributed by atoms with Crippen LogP contribution in [0.1, 0.15) is 51.4 Å². The van der Waals surface area contributed by atoms with E-state index in [2.05, 4.69) is 5.10 Å². The van der Waals surface area contributed by atoms with Crippen molar-refractivity contribution in [3.05, 3.63) is 21.5 Å². The second kappa shape index (κ2) is 6.14. The van der Waals surface area contributed by atoms with Crippen LogP contribution in [0.4, 0.5) is 5.69 Å². The number of rotatable bonds is 6. The third kappa shape index (κ3) is 3.76. The summed E-state index contributed by atoms with van der Waals surface area (Å²) >= 11 is 0. The zero-order chi connectivity index (χ0) is 14.7. The normalized spacial score (nSPS) is 13.3. The first-order valence-corrected chi connectivity index (χ1v) is 6.62. The number of aromatic nitrogens is 2. The quantitative estimate of drug-likeness (QED) is 0.635. The van der Waals surface area contributed by atoms with Gasteiger partial charge in [0.25, 0.3) is 0 Å². The van der Waals surface area contributed by atoms with Crippen LogP contribution in [0.3, 0.4) is 0 Å². The molecule has 0 saturated heterocycles. The summed E-state index contributed by atoms with van der Waals surface area (Å²) < 4.78 is 1.52. The third-order valence-corrected chi connectivity index (χ3v) is 3.07. The fraction of sp³-hybridized carbons (Fsp3) is 0.769. The SMILES string of the molecule is CC(C)CC(O)Cc1c([N+](=O)[O-])c(C(C)C)nn1C. The predicted molar refractivity (Wildman–Crippen MR) is 73.1 cm³/mol. The lowest BCUT2D eigenvalue weighted by molar-refractivity contribution is -0.386. The van der Waals surface area contributed by atoms with Gasteiger partial charge in [-0.15, -0.1) is 0 Å². The van der Waals surface area contributed by atoms with Gasteiger partial charge in [-0.3, -0.25) is 14.8 Å². The Morgan fingerprint density at radius 1 is 1.37 bits per heavy atom. The van der Waals surface area contributed by atoms with Crippen LogP contribution in [0.5, 0.6) is 0 Å². The molecule has 0 fully saturated rings. The summed E-state index contributed by atoms with van der Waals surface area (Å²) in [6, 6.07) is 0. The molecule has 0 bridgehead atoms. The van der Waals surface area contributed by atoms with E-state index in [0.717, 1.165) is 0 Å². The number of hydrogen-bond acceptors (Lipinski definition) is 4. The van der Waals surface area contributed by atoms with Gasteiger partial charge in [0.1, 0.15) is 11.4 Å². The van der Waals surface area contributed by atoms with Crippen molar-refractivity contribution in [2.45, 2.75) is 52.6 Å². The molecule has 1 rings (SSSR count). The van der Waals surface area contributed by atoms with E-state index in [1.165, 1.54) is 4.68 Å². The van der Waals surface area contributed by atoms with Crippen LogP contribution < -0.4 is 0 Å². The standard InChI is InChI=1S/C13H23N3O3/c1-8(2)6-10(17)7-11-13(16(18)19)12(9(3)4)14-15(11)5/h8-10,17H,6-7H2,1-5H3. The number of aliphatic hydroxyl groups is 1. The van der Waals surface area contributed by atoms with E-state index < -0.39 is 6.10 Å². The molecular weight excluding hydrogens is 246 g/mol. The molecule has 108 valence electrons. The number of aliphatic hydroxyl groups excluding tert-OH is 1. The molecule has 1 aromatic heterocycles. The van der Waals surface area contributed by atoms with Gasteiger partial charge >= 0.3 is 5.69 Å².